The van der Waals surface area contributed by atoms with Crippen LogP contribution in [0.2, 0.25) is 0 Å². The minimum Gasteiger partial charge on any atom is -0.462 e. The third-order valence-corrected chi connectivity index (χ3v) is 5.46. The first-order valence-corrected chi connectivity index (χ1v) is 10.1. The van der Waals surface area contributed by atoms with Gasteiger partial charge in [-0.3, -0.25) is 0 Å². The van der Waals surface area contributed by atoms with Gasteiger partial charge in [0.05, 0.1) is 12.2 Å². The minimum absolute atomic E-state index is 0.0834. The van der Waals surface area contributed by atoms with Crippen LogP contribution < -0.4 is 4.74 Å². The predicted molar refractivity (Wildman–Crippen MR) is 108 cm³/mol. The molecule has 0 unspecified atom stereocenters. The van der Waals surface area contributed by atoms with E-state index in [4.69, 9.17) is 9.47 Å². The molecular formula is C23H29FO5. The minimum atomic E-state index is -1.21. The molecule has 1 fully saturated rings. The molecule has 1 aliphatic heterocycles. The summed E-state index contributed by atoms with van der Waals surface area (Å²) in [5.41, 5.74) is 2.67. The van der Waals surface area contributed by atoms with Crippen LogP contribution in [0.3, 0.4) is 0 Å². The van der Waals surface area contributed by atoms with Crippen molar-refractivity contribution in [2.75, 3.05) is 6.61 Å². The third kappa shape index (κ3) is 4.95. The van der Waals surface area contributed by atoms with Crippen molar-refractivity contribution >= 4 is 0 Å². The molecule has 29 heavy (non-hydrogen) atoms. The first-order chi connectivity index (χ1) is 13.9. The van der Waals surface area contributed by atoms with Crippen LogP contribution in [0.4, 0.5) is 4.39 Å². The average molecular weight is 404 g/mol. The Hall–Kier alpha value is -1.99. The lowest BCUT2D eigenvalue weighted by molar-refractivity contribution is -0.257. The van der Waals surface area contributed by atoms with E-state index in [0.717, 1.165) is 29.5 Å². The van der Waals surface area contributed by atoms with E-state index in [9.17, 15) is 19.7 Å². The summed E-state index contributed by atoms with van der Waals surface area (Å²) in [5.74, 6) is -0.185. The van der Waals surface area contributed by atoms with E-state index >= 15 is 0 Å². The lowest BCUT2D eigenvalue weighted by atomic mass is 9.89. The van der Waals surface area contributed by atoms with Gasteiger partial charge in [0.15, 0.2) is 0 Å². The van der Waals surface area contributed by atoms with E-state index in [1.807, 2.05) is 12.1 Å². The molecule has 0 aromatic heterocycles. The zero-order chi connectivity index (χ0) is 21.0. The van der Waals surface area contributed by atoms with Gasteiger partial charge in [0, 0.05) is 12.5 Å². The molecule has 158 valence electrons. The highest BCUT2D eigenvalue weighted by Gasteiger charge is 2.43. The lowest BCUT2D eigenvalue weighted by Crippen LogP contribution is -2.55. The molecule has 0 spiro atoms. The summed E-state index contributed by atoms with van der Waals surface area (Å²) in [6, 6.07) is 11.9. The number of halogens is 1. The zero-order valence-electron chi connectivity index (χ0n) is 16.8. The summed E-state index contributed by atoms with van der Waals surface area (Å²) in [7, 11) is 0. The van der Waals surface area contributed by atoms with Gasteiger partial charge < -0.3 is 24.8 Å². The highest BCUT2D eigenvalue weighted by atomic mass is 19.1. The van der Waals surface area contributed by atoms with Crippen LogP contribution >= 0.6 is 0 Å². The number of hydrogen-bond acceptors (Lipinski definition) is 5. The number of aliphatic hydroxyl groups excluding tert-OH is 3. The number of aryl methyl sites for hydroxylation is 1. The molecule has 1 heterocycles. The highest BCUT2D eigenvalue weighted by Crippen LogP contribution is 2.33. The Balaban J connectivity index is 1.88. The molecule has 1 saturated heterocycles. The van der Waals surface area contributed by atoms with Gasteiger partial charge in [-0.05, 0) is 53.8 Å². The third-order valence-electron chi connectivity index (χ3n) is 5.46. The van der Waals surface area contributed by atoms with Crippen molar-refractivity contribution < 1.29 is 29.2 Å². The van der Waals surface area contributed by atoms with Crippen molar-refractivity contribution in [2.45, 2.75) is 57.7 Å². The molecule has 5 atom stereocenters. The van der Waals surface area contributed by atoms with Gasteiger partial charge in [-0.2, -0.15) is 0 Å². The van der Waals surface area contributed by atoms with Gasteiger partial charge >= 0.3 is 0 Å². The molecule has 0 bridgehead atoms. The van der Waals surface area contributed by atoms with Gasteiger partial charge in [0.25, 0.3) is 0 Å². The zero-order valence-corrected chi connectivity index (χ0v) is 16.8. The lowest BCUT2D eigenvalue weighted by Gasteiger charge is -2.41. The summed E-state index contributed by atoms with van der Waals surface area (Å²) in [4.78, 5) is 0. The smallest absolute Gasteiger partial charge is 0.228 e. The van der Waals surface area contributed by atoms with Gasteiger partial charge in [-0.1, -0.05) is 38.5 Å². The monoisotopic (exact) mass is 404 g/mol. The van der Waals surface area contributed by atoms with E-state index in [1.54, 1.807) is 25.1 Å². The summed E-state index contributed by atoms with van der Waals surface area (Å²) >= 11 is 0. The highest BCUT2D eigenvalue weighted by molar-refractivity contribution is 5.69. The summed E-state index contributed by atoms with van der Waals surface area (Å²) in [6.07, 6.45) is -1.60. The van der Waals surface area contributed by atoms with Crippen LogP contribution in [0.15, 0.2) is 42.5 Å². The van der Waals surface area contributed by atoms with Crippen molar-refractivity contribution in [3.63, 3.8) is 0 Å². The maximum atomic E-state index is 13.8. The molecule has 3 N–H and O–H groups in total. The van der Waals surface area contributed by atoms with Crippen LogP contribution in [-0.2, 0) is 11.2 Å². The number of hydrogen-bond donors (Lipinski definition) is 3. The quantitative estimate of drug-likeness (QED) is 0.660. The molecule has 0 saturated carbocycles. The normalized spacial score (nSPS) is 27.0. The predicted octanol–water partition coefficient (Wildman–Crippen LogP) is 3.29. The molecule has 1 aliphatic rings. The SMILES string of the molecule is CCCc1ccc(O[C@@H]2O[C@H](CCO)[C@H](C)[C@@H](O)[C@H]2O)cc1-c1cccc(F)c1. The maximum absolute atomic E-state index is 13.8. The average Bonchev–Trinajstić information content (AvgIpc) is 2.71. The largest absolute Gasteiger partial charge is 0.462 e. The van der Waals surface area contributed by atoms with Crippen LogP contribution in [-0.4, -0.2) is 46.5 Å². The number of aliphatic hydroxyl groups is 3. The molecule has 5 nitrogen and oxygen atoms in total. The molecule has 3 rings (SSSR count). The molecule has 2 aromatic rings. The topological polar surface area (TPSA) is 79.2 Å². The fourth-order valence-corrected chi connectivity index (χ4v) is 3.80. The molecule has 0 aliphatic carbocycles. The number of ether oxygens (including phenoxy) is 2. The molecular weight excluding hydrogens is 375 g/mol. The van der Waals surface area contributed by atoms with E-state index in [2.05, 4.69) is 6.92 Å². The van der Waals surface area contributed by atoms with E-state index in [0.29, 0.717) is 12.2 Å². The first-order valence-electron chi connectivity index (χ1n) is 10.1. The Morgan fingerprint density at radius 2 is 1.90 bits per heavy atom. The van der Waals surface area contributed by atoms with Crippen LogP contribution in [0.25, 0.3) is 11.1 Å². The van der Waals surface area contributed by atoms with Gasteiger partial charge in [-0.15, -0.1) is 0 Å². The first kappa shape index (κ1) is 21.7. The van der Waals surface area contributed by atoms with Gasteiger partial charge in [0.1, 0.15) is 17.7 Å². The maximum Gasteiger partial charge on any atom is 0.228 e. The van der Waals surface area contributed by atoms with E-state index in [-0.39, 0.29) is 18.3 Å². The Kier molecular flexibility index (Phi) is 7.24. The van der Waals surface area contributed by atoms with Gasteiger partial charge in [0.2, 0.25) is 6.29 Å². The Morgan fingerprint density at radius 1 is 1.10 bits per heavy atom. The number of rotatable bonds is 7. The van der Waals surface area contributed by atoms with Crippen molar-refractivity contribution in [3.8, 4) is 16.9 Å². The second-order valence-corrected chi connectivity index (χ2v) is 7.59. The number of benzene rings is 2. The van der Waals surface area contributed by atoms with Crippen molar-refractivity contribution in [1.82, 2.24) is 0 Å². The van der Waals surface area contributed by atoms with Gasteiger partial charge in [-0.25, -0.2) is 4.39 Å². The van der Waals surface area contributed by atoms with Crippen molar-refractivity contribution in [1.29, 1.82) is 0 Å². The van der Waals surface area contributed by atoms with E-state index < -0.39 is 24.6 Å². The van der Waals surface area contributed by atoms with Crippen molar-refractivity contribution in [3.05, 3.63) is 53.8 Å². The molecule has 0 amide bonds. The Morgan fingerprint density at radius 3 is 2.59 bits per heavy atom. The summed E-state index contributed by atoms with van der Waals surface area (Å²) in [6.45, 7) is 3.77. The second-order valence-electron chi connectivity index (χ2n) is 7.59. The molecule has 2 aromatic carbocycles. The molecule has 0 radical (unpaired) electrons. The fourth-order valence-electron chi connectivity index (χ4n) is 3.80. The second kappa shape index (κ2) is 9.67. The fraction of sp³-hybridized carbons (Fsp3) is 0.478. The van der Waals surface area contributed by atoms with Crippen LogP contribution in [0, 0.1) is 11.7 Å². The van der Waals surface area contributed by atoms with Crippen LogP contribution in [0.5, 0.6) is 5.75 Å². The standard InChI is InChI=1S/C23H29FO5/c1-3-5-15-8-9-18(13-19(15)16-6-4-7-17(24)12-16)28-23-22(27)21(26)14(2)20(29-23)10-11-25/h4,6-9,12-14,20-23,25-27H,3,5,10-11H2,1-2H3/t14-,20+,21+,22+,23+/m0/s1. The van der Waals surface area contributed by atoms with Crippen LogP contribution in [0.1, 0.15) is 32.3 Å². The summed E-state index contributed by atoms with van der Waals surface area (Å²) in [5, 5.41) is 30.0. The van der Waals surface area contributed by atoms with E-state index in [1.165, 1.54) is 12.1 Å². The Labute approximate surface area is 170 Å². The van der Waals surface area contributed by atoms with Crippen molar-refractivity contribution in [2.24, 2.45) is 5.92 Å². The Bertz CT molecular complexity index is 812. The summed E-state index contributed by atoms with van der Waals surface area (Å²) < 4.78 is 25.5. The molecule has 6 heteroatoms.